The number of nitrogens with one attached hydrogen (secondary N) is 5. The van der Waals surface area contributed by atoms with E-state index in [1.54, 1.807) is 38.2 Å². The molecule has 0 spiro atoms. The highest BCUT2D eigenvalue weighted by atomic mass is 35.5. The molecule has 0 aromatic heterocycles. The fourth-order valence-corrected chi connectivity index (χ4v) is 3.99. The summed E-state index contributed by atoms with van der Waals surface area (Å²) in [7, 11) is 1.67. The van der Waals surface area contributed by atoms with Crippen LogP contribution in [0.1, 0.15) is 44.5 Å². The third kappa shape index (κ3) is 7.63. The molecule has 1 aliphatic rings. The number of hydrogen-bond donors (Lipinski definition) is 5. The first-order valence-electron chi connectivity index (χ1n) is 12.1. The molecular weight excluding hydrogens is 494 g/mol. The lowest BCUT2D eigenvalue weighted by molar-refractivity contribution is -0.124. The number of allylic oxidation sites excluding steroid dienone is 1. The van der Waals surface area contributed by atoms with E-state index in [9.17, 15) is 14.4 Å². The van der Waals surface area contributed by atoms with Crippen molar-refractivity contribution in [2.45, 2.75) is 40.2 Å². The maximum Gasteiger partial charge on any atom is 0.273 e. The second-order valence-corrected chi connectivity index (χ2v) is 10.2. The van der Waals surface area contributed by atoms with Gasteiger partial charge in [0.2, 0.25) is 5.91 Å². The second kappa shape index (κ2) is 12.0. The van der Waals surface area contributed by atoms with E-state index in [4.69, 9.17) is 16.3 Å². The molecule has 1 unspecified atom stereocenters. The van der Waals surface area contributed by atoms with Gasteiger partial charge in [0.1, 0.15) is 11.8 Å². The molecule has 0 radical (unpaired) electrons. The summed E-state index contributed by atoms with van der Waals surface area (Å²) in [5, 5.41) is 14.9. The van der Waals surface area contributed by atoms with Crippen molar-refractivity contribution in [2.24, 2.45) is 5.41 Å². The Labute approximate surface area is 222 Å². The molecular formula is C27H34ClN5O4. The minimum Gasteiger partial charge on any atom is -0.486 e. The van der Waals surface area contributed by atoms with Crippen LogP contribution in [-0.2, 0) is 9.59 Å². The Bertz CT molecular complexity index is 1200. The average Bonchev–Trinajstić information content (AvgIpc) is 2.85. The van der Waals surface area contributed by atoms with E-state index in [1.807, 2.05) is 39.0 Å². The zero-order valence-corrected chi connectivity index (χ0v) is 22.5. The van der Waals surface area contributed by atoms with Crippen LogP contribution in [0.25, 0.3) is 0 Å². The predicted molar refractivity (Wildman–Crippen MR) is 146 cm³/mol. The Morgan fingerprint density at radius 2 is 1.86 bits per heavy atom. The van der Waals surface area contributed by atoms with E-state index in [0.717, 1.165) is 0 Å². The number of para-hydroxylation sites is 1. The maximum atomic E-state index is 13.0. The first-order valence-corrected chi connectivity index (χ1v) is 12.4. The van der Waals surface area contributed by atoms with Crippen molar-refractivity contribution in [3.8, 4) is 5.75 Å². The van der Waals surface area contributed by atoms with Crippen LogP contribution >= 0.6 is 11.6 Å². The van der Waals surface area contributed by atoms with Crippen LogP contribution in [0.4, 0.5) is 11.4 Å². The number of anilines is 2. The maximum absolute atomic E-state index is 13.0. The van der Waals surface area contributed by atoms with Crippen LogP contribution in [0.15, 0.2) is 53.9 Å². The molecule has 0 bridgehead atoms. The van der Waals surface area contributed by atoms with Crippen molar-refractivity contribution in [1.29, 1.82) is 0 Å². The zero-order chi connectivity index (χ0) is 27.2. The molecule has 10 heteroatoms. The lowest BCUT2D eigenvalue weighted by Gasteiger charge is -2.28. The number of benzene rings is 2. The molecule has 1 atom stereocenters. The molecule has 37 heavy (non-hydrogen) atoms. The number of carbonyl (C=O) groups excluding carboxylic acids is 3. The zero-order valence-electron chi connectivity index (χ0n) is 21.8. The first-order chi connectivity index (χ1) is 17.5. The molecule has 9 nitrogen and oxygen atoms in total. The van der Waals surface area contributed by atoms with Crippen LogP contribution in [0, 0.1) is 5.41 Å². The Morgan fingerprint density at radius 1 is 1.16 bits per heavy atom. The van der Waals surface area contributed by atoms with Gasteiger partial charge in [-0.05, 0) is 43.5 Å². The van der Waals surface area contributed by atoms with E-state index < -0.39 is 11.3 Å². The number of carbonyl (C=O) groups is 3. The highest BCUT2D eigenvalue weighted by Gasteiger charge is 2.28. The number of hydrogen-bond acceptors (Lipinski definition) is 6. The first kappa shape index (κ1) is 27.9. The SMILES string of the molecule is CN/C(C)=C(/NC(=O)CC(C)(C)CNC(=O)c1cc(Cl)cc2c1OC(C)CN2)C(=O)Nc1ccccc1. The van der Waals surface area contributed by atoms with Crippen molar-refractivity contribution in [3.63, 3.8) is 0 Å². The molecule has 5 N–H and O–H groups in total. The van der Waals surface area contributed by atoms with E-state index in [1.165, 1.54) is 0 Å². The van der Waals surface area contributed by atoms with Gasteiger partial charge in [0, 0.05) is 36.4 Å². The number of fused-ring (bicyclic) bond motifs is 1. The molecule has 3 rings (SSSR count). The molecule has 1 heterocycles. The molecule has 0 saturated heterocycles. The summed E-state index contributed by atoms with van der Waals surface area (Å²) in [4.78, 5) is 38.8. The van der Waals surface area contributed by atoms with Gasteiger partial charge in [0.15, 0.2) is 5.75 Å². The summed E-state index contributed by atoms with van der Waals surface area (Å²) >= 11 is 6.21. The Hall–Kier alpha value is -3.72. The van der Waals surface area contributed by atoms with E-state index >= 15 is 0 Å². The van der Waals surface area contributed by atoms with Gasteiger partial charge in [-0.2, -0.15) is 0 Å². The fraction of sp³-hybridized carbons (Fsp3) is 0.370. The lowest BCUT2D eigenvalue weighted by atomic mass is 9.88. The van der Waals surface area contributed by atoms with Crippen molar-refractivity contribution in [3.05, 3.63) is 64.4 Å². The van der Waals surface area contributed by atoms with Crippen molar-refractivity contribution in [2.75, 3.05) is 30.8 Å². The summed E-state index contributed by atoms with van der Waals surface area (Å²) < 4.78 is 5.88. The van der Waals surface area contributed by atoms with E-state index in [2.05, 4.69) is 26.6 Å². The summed E-state index contributed by atoms with van der Waals surface area (Å²) in [5.74, 6) is -0.686. The minimum atomic E-state index is -0.612. The summed E-state index contributed by atoms with van der Waals surface area (Å²) in [6, 6.07) is 12.3. The molecule has 2 aromatic rings. The third-order valence-electron chi connectivity index (χ3n) is 5.84. The largest absolute Gasteiger partial charge is 0.486 e. The van der Waals surface area contributed by atoms with Crippen molar-refractivity contribution in [1.82, 2.24) is 16.0 Å². The van der Waals surface area contributed by atoms with E-state index in [-0.39, 0.29) is 36.6 Å². The quantitative estimate of drug-likeness (QED) is 0.316. The Kier molecular flexibility index (Phi) is 9.04. The number of rotatable bonds is 9. The Balaban J connectivity index is 1.63. The normalized spacial score (nSPS) is 15.2. The summed E-state index contributed by atoms with van der Waals surface area (Å²) in [6.07, 6.45) is -0.0300. The van der Waals surface area contributed by atoms with E-state index in [0.29, 0.717) is 40.0 Å². The Morgan fingerprint density at radius 3 is 2.54 bits per heavy atom. The molecule has 198 valence electrons. The molecule has 3 amide bonds. The summed E-state index contributed by atoms with van der Waals surface area (Å²) in [5.41, 5.74) is 1.64. The number of ether oxygens (including phenoxy) is 1. The summed E-state index contributed by atoms with van der Waals surface area (Å²) in [6.45, 7) is 8.16. The standard InChI is InChI=1S/C27H34ClN5O4/c1-16-14-30-21-12-18(28)11-20(24(21)37-16)25(35)31-15-27(3,4)13-22(34)33-23(17(2)29-5)26(36)32-19-9-7-6-8-10-19/h6-12,16,29-30H,13-15H2,1-5H3,(H,31,35)(H,32,36)(H,33,34)/b23-17+. The van der Waals surface area contributed by atoms with Crippen molar-refractivity contribution < 1.29 is 19.1 Å². The third-order valence-corrected chi connectivity index (χ3v) is 6.06. The molecule has 2 aromatic carbocycles. The van der Waals surface area contributed by atoms with Crippen LogP contribution in [0.2, 0.25) is 5.02 Å². The molecule has 1 aliphatic heterocycles. The van der Waals surface area contributed by atoms with Crippen LogP contribution in [-0.4, -0.2) is 44.0 Å². The van der Waals surface area contributed by atoms with Gasteiger partial charge in [-0.1, -0.05) is 43.6 Å². The van der Waals surface area contributed by atoms with Gasteiger partial charge in [-0.25, -0.2) is 0 Å². The van der Waals surface area contributed by atoms with Gasteiger partial charge in [-0.15, -0.1) is 0 Å². The molecule has 0 saturated carbocycles. The monoisotopic (exact) mass is 527 g/mol. The van der Waals surface area contributed by atoms with Gasteiger partial charge in [-0.3, -0.25) is 14.4 Å². The van der Waals surface area contributed by atoms with Gasteiger partial charge in [0.25, 0.3) is 11.8 Å². The van der Waals surface area contributed by atoms with Crippen LogP contribution < -0.4 is 31.3 Å². The fourth-order valence-electron chi connectivity index (χ4n) is 3.77. The number of halogens is 1. The van der Waals surface area contributed by atoms with Gasteiger partial charge >= 0.3 is 0 Å². The predicted octanol–water partition coefficient (Wildman–Crippen LogP) is 3.88. The molecule has 0 fully saturated rings. The number of amides is 3. The van der Waals surface area contributed by atoms with Gasteiger partial charge in [0.05, 0.1) is 17.8 Å². The highest BCUT2D eigenvalue weighted by molar-refractivity contribution is 6.31. The topological polar surface area (TPSA) is 121 Å². The van der Waals surface area contributed by atoms with Crippen LogP contribution in [0.5, 0.6) is 5.75 Å². The smallest absolute Gasteiger partial charge is 0.273 e. The molecule has 0 aliphatic carbocycles. The van der Waals surface area contributed by atoms with Crippen LogP contribution in [0.3, 0.4) is 0 Å². The van der Waals surface area contributed by atoms with Crippen molar-refractivity contribution >= 4 is 40.7 Å². The second-order valence-electron chi connectivity index (χ2n) is 9.78. The van der Waals surface area contributed by atoms with Gasteiger partial charge < -0.3 is 31.3 Å². The lowest BCUT2D eigenvalue weighted by Crippen LogP contribution is -2.40. The minimum absolute atomic E-state index is 0.0646. The average molecular weight is 528 g/mol. The highest BCUT2D eigenvalue weighted by Crippen LogP contribution is 2.36.